The van der Waals surface area contributed by atoms with Crippen LogP contribution in [0.1, 0.15) is 39.0 Å². The topological polar surface area (TPSA) is 0 Å². The highest BCUT2D eigenvalue weighted by molar-refractivity contribution is 4.99. The fraction of sp³-hybridized carbons (Fsp3) is 0.700. The molecule has 0 aromatic carbocycles. The van der Waals surface area contributed by atoms with Gasteiger partial charge in [-0.05, 0) is 38.5 Å². The van der Waals surface area contributed by atoms with Crippen molar-refractivity contribution in [2.24, 2.45) is 5.92 Å². The van der Waals surface area contributed by atoms with Crippen LogP contribution in [0, 0.1) is 12.8 Å². The van der Waals surface area contributed by atoms with Crippen molar-refractivity contribution < 1.29 is 0 Å². The molecule has 0 aromatic heterocycles. The minimum atomic E-state index is 0.712. The van der Waals surface area contributed by atoms with Crippen LogP contribution in [0.15, 0.2) is 11.6 Å². The van der Waals surface area contributed by atoms with Crippen LogP contribution in [0.25, 0.3) is 0 Å². The maximum absolute atomic E-state index is 4.11. The zero-order chi connectivity index (χ0) is 7.40. The van der Waals surface area contributed by atoms with Gasteiger partial charge in [0.25, 0.3) is 0 Å². The van der Waals surface area contributed by atoms with Crippen molar-refractivity contribution in [3.05, 3.63) is 18.6 Å². The van der Waals surface area contributed by atoms with Gasteiger partial charge in [-0.25, -0.2) is 0 Å². The van der Waals surface area contributed by atoms with Gasteiger partial charge in [-0.1, -0.05) is 25.0 Å². The van der Waals surface area contributed by atoms with Gasteiger partial charge in [0.05, 0.1) is 0 Å². The van der Waals surface area contributed by atoms with E-state index in [0.717, 1.165) is 0 Å². The Bertz CT molecular complexity index is 122. The molecule has 0 saturated carbocycles. The summed E-state index contributed by atoms with van der Waals surface area (Å²) < 4.78 is 0. The van der Waals surface area contributed by atoms with Crippen LogP contribution in [0.5, 0.6) is 0 Å². The standard InChI is InChI=1S/C10H17/c1-9-5-3-4-6-10(2)8-7-9/h6,9H,1,3-5,7-8H2,2H3/b10-6-. The van der Waals surface area contributed by atoms with Gasteiger partial charge in [-0.2, -0.15) is 0 Å². The summed E-state index contributed by atoms with van der Waals surface area (Å²) in [7, 11) is 0. The maximum atomic E-state index is 4.11. The minimum absolute atomic E-state index is 0.712. The molecule has 0 aliphatic heterocycles. The summed E-state index contributed by atoms with van der Waals surface area (Å²) in [6.07, 6.45) is 8.88. The van der Waals surface area contributed by atoms with Crippen LogP contribution in [-0.2, 0) is 0 Å². The maximum Gasteiger partial charge on any atom is -0.0320 e. The number of hydrogen-bond donors (Lipinski definition) is 0. The third-order valence-corrected chi connectivity index (χ3v) is 2.26. The molecule has 0 nitrogen and oxygen atoms in total. The first-order valence-corrected chi connectivity index (χ1v) is 4.28. The SMILES string of the molecule is [CH2]C1CCC/C=C(/C)CC1. The van der Waals surface area contributed by atoms with E-state index in [-0.39, 0.29) is 0 Å². The molecule has 0 saturated heterocycles. The Hall–Kier alpha value is -0.260. The molecule has 57 valence electrons. The van der Waals surface area contributed by atoms with E-state index in [1.165, 1.54) is 32.1 Å². The van der Waals surface area contributed by atoms with E-state index in [9.17, 15) is 0 Å². The fourth-order valence-corrected chi connectivity index (χ4v) is 1.43. The zero-order valence-corrected chi connectivity index (χ0v) is 6.90. The summed E-state index contributed by atoms with van der Waals surface area (Å²) >= 11 is 0. The molecule has 1 rings (SSSR count). The summed E-state index contributed by atoms with van der Waals surface area (Å²) in [6.45, 7) is 6.34. The fourth-order valence-electron chi connectivity index (χ4n) is 1.43. The highest BCUT2D eigenvalue weighted by Gasteiger charge is 2.04. The molecule has 1 aliphatic rings. The van der Waals surface area contributed by atoms with Gasteiger partial charge in [0.1, 0.15) is 0 Å². The van der Waals surface area contributed by atoms with E-state index >= 15 is 0 Å². The van der Waals surface area contributed by atoms with E-state index in [4.69, 9.17) is 0 Å². The second-order valence-electron chi connectivity index (χ2n) is 3.39. The van der Waals surface area contributed by atoms with Crippen LogP contribution in [0.4, 0.5) is 0 Å². The molecule has 0 fully saturated rings. The lowest BCUT2D eigenvalue weighted by molar-refractivity contribution is 0.509. The quantitative estimate of drug-likeness (QED) is 0.449. The average molecular weight is 137 g/mol. The molecule has 0 heteroatoms. The highest BCUT2D eigenvalue weighted by Crippen LogP contribution is 2.20. The number of hydrogen-bond acceptors (Lipinski definition) is 0. The van der Waals surface area contributed by atoms with Crippen molar-refractivity contribution in [2.75, 3.05) is 0 Å². The zero-order valence-electron chi connectivity index (χ0n) is 6.90. The van der Waals surface area contributed by atoms with Crippen molar-refractivity contribution >= 4 is 0 Å². The number of allylic oxidation sites excluding steroid dienone is 2. The summed E-state index contributed by atoms with van der Waals surface area (Å²) in [4.78, 5) is 0. The van der Waals surface area contributed by atoms with Crippen molar-refractivity contribution in [2.45, 2.75) is 39.0 Å². The third kappa shape index (κ3) is 2.55. The smallest absolute Gasteiger partial charge is 0.0320 e. The van der Waals surface area contributed by atoms with E-state index in [1.54, 1.807) is 5.57 Å². The van der Waals surface area contributed by atoms with E-state index in [2.05, 4.69) is 19.9 Å². The van der Waals surface area contributed by atoms with Crippen LogP contribution in [0.2, 0.25) is 0 Å². The van der Waals surface area contributed by atoms with Gasteiger partial charge in [0.2, 0.25) is 0 Å². The first-order valence-electron chi connectivity index (χ1n) is 4.28. The van der Waals surface area contributed by atoms with Gasteiger partial charge in [-0.15, -0.1) is 0 Å². The van der Waals surface area contributed by atoms with Crippen LogP contribution < -0.4 is 0 Å². The summed E-state index contributed by atoms with van der Waals surface area (Å²) in [6, 6.07) is 0. The van der Waals surface area contributed by atoms with Crippen molar-refractivity contribution in [1.82, 2.24) is 0 Å². The minimum Gasteiger partial charge on any atom is -0.0856 e. The molecule has 1 unspecified atom stereocenters. The molecule has 0 bridgehead atoms. The van der Waals surface area contributed by atoms with Gasteiger partial charge >= 0.3 is 0 Å². The monoisotopic (exact) mass is 137 g/mol. The Morgan fingerprint density at radius 1 is 1.50 bits per heavy atom. The molecule has 1 radical (unpaired) electrons. The van der Waals surface area contributed by atoms with Crippen molar-refractivity contribution in [1.29, 1.82) is 0 Å². The Morgan fingerprint density at radius 2 is 2.30 bits per heavy atom. The van der Waals surface area contributed by atoms with E-state index in [1.807, 2.05) is 0 Å². The normalized spacial score (nSPS) is 33.8. The lowest BCUT2D eigenvalue weighted by Gasteiger charge is -2.13. The molecule has 0 heterocycles. The van der Waals surface area contributed by atoms with Gasteiger partial charge in [0.15, 0.2) is 0 Å². The average Bonchev–Trinajstić information content (AvgIpc) is 1.90. The summed E-state index contributed by atoms with van der Waals surface area (Å²) in [5.74, 6) is 0.712. The molecule has 0 N–H and O–H groups in total. The van der Waals surface area contributed by atoms with E-state index in [0.29, 0.717) is 5.92 Å². The predicted molar refractivity (Wildman–Crippen MR) is 45.7 cm³/mol. The lowest BCUT2D eigenvalue weighted by Crippen LogP contribution is -1.98. The molecule has 0 amide bonds. The first-order chi connectivity index (χ1) is 4.79. The van der Waals surface area contributed by atoms with E-state index < -0.39 is 0 Å². The van der Waals surface area contributed by atoms with Crippen LogP contribution in [0.3, 0.4) is 0 Å². The van der Waals surface area contributed by atoms with Gasteiger partial charge < -0.3 is 0 Å². The Balaban J connectivity index is 2.39. The molecule has 0 aromatic rings. The van der Waals surface area contributed by atoms with Crippen molar-refractivity contribution in [3.8, 4) is 0 Å². The van der Waals surface area contributed by atoms with Crippen LogP contribution in [-0.4, -0.2) is 0 Å². The largest absolute Gasteiger partial charge is 0.0856 e. The summed E-state index contributed by atoms with van der Waals surface area (Å²) in [5.41, 5.74) is 1.56. The molecule has 1 atom stereocenters. The molecule has 10 heavy (non-hydrogen) atoms. The van der Waals surface area contributed by atoms with Crippen molar-refractivity contribution in [3.63, 3.8) is 0 Å². The second-order valence-corrected chi connectivity index (χ2v) is 3.39. The second kappa shape index (κ2) is 3.80. The van der Waals surface area contributed by atoms with Crippen LogP contribution >= 0.6 is 0 Å². The first kappa shape index (κ1) is 7.84. The number of rotatable bonds is 0. The Morgan fingerprint density at radius 3 is 3.10 bits per heavy atom. The Labute approximate surface area is 64.3 Å². The Kier molecular flexibility index (Phi) is 2.98. The van der Waals surface area contributed by atoms with Gasteiger partial charge in [0, 0.05) is 0 Å². The predicted octanol–water partition coefficient (Wildman–Crippen LogP) is 3.35. The summed E-state index contributed by atoms with van der Waals surface area (Å²) in [5, 5.41) is 0. The molecular weight excluding hydrogens is 120 g/mol. The van der Waals surface area contributed by atoms with Gasteiger partial charge in [-0.3, -0.25) is 0 Å². The molecule has 1 aliphatic carbocycles. The molecule has 0 spiro atoms. The highest BCUT2D eigenvalue weighted by atomic mass is 14.1. The molecular formula is C10H17. The third-order valence-electron chi connectivity index (χ3n) is 2.26. The lowest BCUT2D eigenvalue weighted by atomic mass is 9.93.